The maximum absolute atomic E-state index is 13.5. The molecule has 8 heteroatoms. The van der Waals surface area contributed by atoms with E-state index in [9.17, 15) is 4.79 Å². The topological polar surface area (TPSA) is 92.3 Å². The second-order valence-corrected chi connectivity index (χ2v) is 9.04. The zero-order valence-corrected chi connectivity index (χ0v) is 20.4. The fraction of sp³-hybridized carbons (Fsp3) is 0.333. The number of hydrogen-bond donors (Lipinski definition) is 0. The summed E-state index contributed by atoms with van der Waals surface area (Å²) in [7, 11) is 3.25. The summed E-state index contributed by atoms with van der Waals surface area (Å²) in [5, 5.41) is 9.03. The van der Waals surface area contributed by atoms with Crippen LogP contribution in [0.2, 0.25) is 0 Å². The lowest BCUT2D eigenvalue weighted by atomic mass is 9.76. The maximum atomic E-state index is 13.5. The highest BCUT2D eigenvalue weighted by atomic mass is 16.5. The van der Waals surface area contributed by atoms with Gasteiger partial charge in [-0.15, -0.1) is 10.2 Å². The van der Waals surface area contributed by atoms with Crippen molar-refractivity contribution < 1.29 is 18.7 Å². The first-order valence-electron chi connectivity index (χ1n) is 11.6. The summed E-state index contributed by atoms with van der Waals surface area (Å²) in [5.74, 6) is 4.19. The van der Waals surface area contributed by atoms with Gasteiger partial charge in [0.15, 0.2) is 23.3 Å². The monoisotopic (exact) mass is 472 g/mol. The molecule has 180 valence electrons. The lowest BCUT2D eigenvalue weighted by molar-refractivity contribution is -0.124. The number of oxazole rings is 1. The van der Waals surface area contributed by atoms with Crippen LogP contribution in [0, 0.1) is 6.92 Å². The average molecular weight is 473 g/mol. The van der Waals surface area contributed by atoms with Gasteiger partial charge in [0.05, 0.1) is 31.4 Å². The number of aromatic nitrogens is 4. The van der Waals surface area contributed by atoms with Crippen LogP contribution >= 0.6 is 0 Å². The molecule has 2 aromatic heterocycles. The number of ketones is 1. The summed E-state index contributed by atoms with van der Waals surface area (Å²) in [5.41, 5.74) is 1.89. The Morgan fingerprint density at radius 2 is 2.00 bits per heavy atom. The predicted molar refractivity (Wildman–Crippen MR) is 131 cm³/mol. The van der Waals surface area contributed by atoms with Crippen molar-refractivity contribution in [2.75, 3.05) is 14.2 Å². The summed E-state index contributed by atoms with van der Waals surface area (Å²) in [4.78, 5) is 17.7. The minimum Gasteiger partial charge on any atom is -0.497 e. The molecule has 35 heavy (non-hydrogen) atoms. The number of rotatable bonds is 7. The lowest BCUT2D eigenvalue weighted by Crippen LogP contribution is -2.40. The van der Waals surface area contributed by atoms with Crippen LogP contribution in [0.15, 0.2) is 53.1 Å². The van der Waals surface area contributed by atoms with E-state index in [0.717, 1.165) is 47.7 Å². The second-order valence-electron chi connectivity index (χ2n) is 9.04. The summed E-state index contributed by atoms with van der Waals surface area (Å²) >= 11 is 0. The van der Waals surface area contributed by atoms with E-state index in [0.29, 0.717) is 29.6 Å². The maximum Gasteiger partial charge on any atom is 0.191 e. The highest BCUT2D eigenvalue weighted by molar-refractivity contribution is 5.91. The molecule has 4 aromatic rings. The van der Waals surface area contributed by atoms with E-state index in [1.165, 1.54) is 0 Å². The van der Waals surface area contributed by atoms with Crippen LogP contribution in [0.1, 0.15) is 37.0 Å². The lowest BCUT2D eigenvalue weighted by Gasteiger charge is -2.32. The van der Waals surface area contributed by atoms with Gasteiger partial charge < -0.3 is 18.5 Å². The molecule has 1 unspecified atom stereocenters. The molecule has 0 aliphatic carbocycles. The zero-order chi connectivity index (χ0) is 24.6. The van der Waals surface area contributed by atoms with Gasteiger partial charge in [-0.1, -0.05) is 18.2 Å². The van der Waals surface area contributed by atoms with E-state index < -0.39 is 5.41 Å². The Kier molecular flexibility index (Phi) is 5.88. The molecule has 0 amide bonds. The summed E-state index contributed by atoms with van der Waals surface area (Å²) in [6.07, 6.45) is 3.60. The number of methoxy groups -OCH3 is 2. The third kappa shape index (κ3) is 4.09. The van der Waals surface area contributed by atoms with Gasteiger partial charge in [0.25, 0.3) is 0 Å². The van der Waals surface area contributed by atoms with Gasteiger partial charge in [0.1, 0.15) is 17.3 Å². The normalized spacial score (nSPS) is 17.1. The fourth-order valence-electron chi connectivity index (χ4n) is 4.79. The van der Waals surface area contributed by atoms with E-state index in [4.69, 9.17) is 13.9 Å². The average Bonchev–Trinajstić information content (AvgIpc) is 3.51. The van der Waals surface area contributed by atoms with Crippen molar-refractivity contribution in [1.82, 2.24) is 19.7 Å². The first-order chi connectivity index (χ1) is 16.9. The number of carbonyl (C=O) groups is 1. The third-order valence-electron chi connectivity index (χ3n) is 6.76. The van der Waals surface area contributed by atoms with Crippen molar-refractivity contribution in [2.24, 2.45) is 0 Å². The minimum absolute atomic E-state index is 0.124. The van der Waals surface area contributed by atoms with Crippen LogP contribution in [-0.2, 0) is 23.2 Å². The Hall–Kier alpha value is -3.94. The van der Waals surface area contributed by atoms with Crippen LogP contribution < -0.4 is 9.47 Å². The molecular weight excluding hydrogens is 444 g/mol. The number of ether oxygens (including phenoxy) is 2. The standard InChI is InChI=1S/C27H28N4O4/c1-17-28-16-23(35-17)21-10-9-19(15-22(21)34-4)25-29-30-26-27(2,11-6-12-31(25)26)24(32)14-18-7-5-8-20(13-18)33-3/h5,7-10,13,15-16H,6,11-12,14H2,1-4H3. The van der Waals surface area contributed by atoms with Gasteiger partial charge >= 0.3 is 0 Å². The molecule has 8 nitrogen and oxygen atoms in total. The fourth-order valence-corrected chi connectivity index (χ4v) is 4.79. The molecule has 0 radical (unpaired) electrons. The SMILES string of the molecule is COc1cccc(CC(=O)C2(C)CCCn3c(-c4ccc(-c5cnc(C)o5)c(OC)c4)nnc32)c1. The predicted octanol–water partition coefficient (Wildman–Crippen LogP) is 4.79. The molecule has 0 N–H and O–H groups in total. The smallest absolute Gasteiger partial charge is 0.191 e. The molecule has 0 spiro atoms. The molecule has 1 aliphatic heterocycles. The van der Waals surface area contributed by atoms with E-state index in [1.54, 1.807) is 27.3 Å². The molecule has 0 saturated carbocycles. The number of Topliss-reactive ketones (excluding diaryl/α,β-unsaturated/α-hetero) is 1. The van der Waals surface area contributed by atoms with Gasteiger partial charge in [-0.05, 0) is 49.6 Å². The summed E-state index contributed by atoms with van der Waals surface area (Å²) < 4.78 is 18.7. The van der Waals surface area contributed by atoms with Crippen LogP contribution in [0.5, 0.6) is 11.5 Å². The first-order valence-corrected chi connectivity index (χ1v) is 11.6. The Morgan fingerprint density at radius 1 is 1.14 bits per heavy atom. The minimum atomic E-state index is -0.714. The molecule has 3 heterocycles. The van der Waals surface area contributed by atoms with E-state index in [2.05, 4.69) is 19.7 Å². The Labute approximate surface area is 203 Å². The molecule has 2 aromatic carbocycles. The van der Waals surface area contributed by atoms with Crippen molar-refractivity contribution in [1.29, 1.82) is 0 Å². The van der Waals surface area contributed by atoms with Crippen LogP contribution in [-0.4, -0.2) is 39.8 Å². The van der Waals surface area contributed by atoms with Gasteiger partial charge in [-0.25, -0.2) is 4.98 Å². The number of fused-ring (bicyclic) bond motifs is 1. The largest absolute Gasteiger partial charge is 0.497 e. The van der Waals surface area contributed by atoms with E-state index in [-0.39, 0.29) is 5.78 Å². The second kappa shape index (κ2) is 9.02. The molecular formula is C27H28N4O4. The van der Waals surface area contributed by atoms with Crippen molar-refractivity contribution in [3.05, 3.63) is 65.9 Å². The van der Waals surface area contributed by atoms with Crippen LogP contribution in [0.4, 0.5) is 0 Å². The van der Waals surface area contributed by atoms with Crippen molar-refractivity contribution in [3.63, 3.8) is 0 Å². The summed E-state index contributed by atoms with van der Waals surface area (Å²) in [6.45, 7) is 4.54. The molecule has 0 fully saturated rings. The van der Waals surface area contributed by atoms with Gasteiger partial charge in [0.2, 0.25) is 0 Å². The van der Waals surface area contributed by atoms with Gasteiger partial charge in [-0.3, -0.25) is 4.79 Å². The summed E-state index contributed by atoms with van der Waals surface area (Å²) in [6, 6.07) is 13.5. The molecule has 5 rings (SSSR count). The Balaban J connectivity index is 1.48. The number of benzene rings is 2. The molecule has 0 saturated heterocycles. The van der Waals surface area contributed by atoms with Crippen molar-refractivity contribution in [3.8, 4) is 34.2 Å². The number of aryl methyl sites for hydroxylation is 1. The Bertz CT molecular complexity index is 1390. The van der Waals surface area contributed by atoms with Crippen molar-refractivity contribution >= 4 is 5.78 Å². The highest BCUT2D eigenvalue weighted by Crippen LogP contribution is 2.39. The zero-order valence-electron chi connectivity index (χ0n) is 20.4. The third-order valence-corrected chi connectivity index (χ3v) is 6.76. The first kappa shape index (κ1) is 22.8. The number of carbonyl (C=O) groups excluding carboxylic acids is 1. The number of hydrogen-bond acceptors (Lipinski definition) is 7. The molecule has 0 bridgehead atoms. The molecule has 1 atom stereocenters. The van der Waals surface area contributed by atoms with E-state index in [1.807, 2.05) is 49.4 Å². The highest BCUT2D eigenvalue weighted by Gasteiger charge is 2.42. The van der Waals surface area contributed by atoms with Gasteiger partial charge in [-0.2, -0.15) is 0 Å². The van der Waals surface area contributed by atoms with Crippen molar-refractivity contribution in [2.45, 2.75) is 45.1 Å². The number of nitrogens with zero attached hydrogens (tertiary/aromatic N) is 4. The Morgan fingerprint density at radius 3 is 2.74 bits per heavy atom. The quantitative estimate of drug-likeness (QED) is 0.382. The van der Waals surface area contributed by atoms with E-state index >= 15 is 0 Å². The van der Waals surface area contributed by atoms with Gasteiger partial charge in [0, 0.05) is 25.5 Å². The van der Waals surface area contributed by atoms with Crippen LogP contribution in [0.3, 0.4) is 0 Å². The van der Waals surface area contributed by atoms with Crippen LogP contribution in [0.25, 0.3) is 22.7 Å². The molecule has 1 aliphatic rings.